The minimum Gasteiger partial charge on any atom is -0.508 e. The largest absolute Gasteiger partial charge is 0.508 e. The highest BCUT2D eigenvalue weighted by molar-refractivity contribution is 5.77. The van der Waals surface area contributed by atoms with Crippen molar-refractivity contribution in [1.82, 2.24) is 10.2 Å². The van der Waals surface area contributed by atoms with Crippen LogP contribution in [0.5, 0.6) is 11.5 Å². The fourth-order valence-corrected chi connectivity index (χ4v) is 1.87. The zero-order valence-corrected chi connectivity index (χ0v) is 11.8. The fraction of sp³-hybridized carbons (Fsp3) is 0.500. The first kappa shape index (κ1) is 15.3. The van der Waals surface area contributed by atoms with Crippen LogP contribution in [0.1, 0.15) is 18.9 Å². The first-order valence-corrected chi connectivity index (χ1v) is 6.39. The molecule has 0 atom stereocenters. The molecule has 0 aliphatic heterocycles. The molecular formula is C14H22N2O3. The van der Waals surface area contributed by atoms with Gasteiger partial charge in [-0.05, 0) is 31.2 Å². The molecule has 2 N–H and O–H groups in total. The third-order valence-electron chi connectivity index (χ3n) is 2.87. The molecule has 1 aromatic rings. The van der Waals surface area contributed by atoms with E-state index in [1.54, 1.807) is 32.4 Å². The van der Waals surface area contributed by atoms with Crippen molar-refractivity contribution in [2.45, 2.75) is 19.9 Å². The molecule has 0 aromatic heterocycles. The molecule has 5 heteroatoms. The molecule has 0 bridgehead atoms. The molecule has 0 unspecified atom stereocenters. The second kappa shape index (κ2) is 7.63. The molecule has 0 aliphatic rings. The number of amides is 1. The Hall–Kier alpha value is -1.75. The summed E-state index contributed by atoms with van der Waals surface area (Å²) in [5, 5.41) is 12.5. The van der Waals surface area contributed by atoms with Crippen LogP contribution in [0.2, 0.25) is 0 Å². The van der Waals surface area contributed by atoms with Crippen molar-refractivity contribution >= 4 is 5.91 Å². The molecule has 0 radical (unpaired) electrons. The van der Waals surface area contributed by atoms with Crippen LogP contribution in [0.4, 0.5) is 0 Å². The van der Waals surface area contributed by atoms with Crippen molar-refractivity contribution in [3.05, 3.63) is 23.8 Å². The Balaban J connectivity index is 2.80. The number of phenolic OH excluding ortho intramolecular Hbond substituents is 1. The van der Waals surface area contributed by atoms with Crippen molar-refractivity contribution in [2.24, 2.45) is 0 Å². The molecule has 1 rings (SSSR count). The molecular weight excluding hydrogens is 244 g/mol. The van der Waals surface area contributed by atoms with Gasteiger partial charge in [-0.1, -0.05) is 6.92 Å². The van der Waals surface area contributed by atoms with E-state index < -0.39 is 0 Å². The SMILES string of the molecule is CCCN(CC(=O)NC)Cc1cc(OC)ccc1O. The van der Waals surface area contributed by atoms with Gasteiger partial charge in [-0.2, -0.15) is 0 Å². The quantitative estimate of drug-likeness (QED) is 0.782. The van der Waals surface area contributed by atoms with Gasteiger partial charge >= 0.3 is 0 Å². The van der Waals surface area contributed by atoms with Crippen molar-refractivity contribution < 1.29 is 14.6 Å². The van der Waals surface area contributed by atoms with Gasteiger partial charge in [0, 0.05) is 19.2 Å². The van der Waals surface area contributed by atoms with Gasteiger partial charge in [0.05, 0.1) is 13.7 Å². The number of methoxy groups -OCH3 is 1. The summed E-state index contributed by atoms with van der Waals surface area (Å²) >= 11 is 0. The Morgan fingerprint density at radius 1 is 1.47 bits per heavy atom. The number of carbonyl (C=O) groups excluding carboxylic acids is 1. The summed E-state index contributed by atoms with van der Waals surface area (Å²) in [6.45, 7) is 3.69. The van der Waals surface area contributed by atoms with Gasteiger partial charge < -0.3 is 15.2 Å². The number of hydrogen-bond acceptors (Lipinski definition) is 4. The van der Waals surface area contributed by atoms with E-state index in [9.17, 15) is 9.90 Å². The highest BCUT2D eigenvalue weighted by Crippen LogP contribution is 2.24. The monoisotopic (exact) mass is 266 g/mol. The normalized spacial score (nSPS) is 10.5. The summed E-state index contributed by atoms with van der Waals surface area (Å²) in [6.07, 6.45) is 0.946. The lowest BCUT2D eigenvalue weighted by Gasteiger charge is -2.21. The van der Waals surface area contributed by atoms with Crippen LogP contribution in [-0.2, 0) is 11.3 Å². The molecule has 5 nitrogen and oxygen atoms in total. The molecule has 106 valence electrons. The number of nitrogens with zero attached hydrogens (tertiary/aromatic N) is 1. The van der Waals surface area contributed by atoms with Gasteiger partial charge in [-0.3, -0.25) is 9.69 Å². The number of likely N-dealkylation sites (N-methyl/N-ethyl adjacent to an activating group) is 1. The standard InChI is InChI=1S/C14H22N2O3/c1-4-7-16(10-14(18)15-2)9-11-8-12(19-3)5-6-13(11)17/h5-6,8,17H,4,7,9-10H2,1-3H3,(H,15,18). The van der Waals surface area contributed by atoms with Crippen LogP contribution in [-0.4, -0.2) is 43.2 Å². The Labute approximate surface area is 114 Å². The van der Waals surface area contributed by atoms with E-state index in [-0.39, 0.29) is 11.7 Å². The number of hydrogen-bond donors (Lipinski definition) is 2. The Morgan fingerprint density at radius 2 is 2.21 bits per heavy atom. The molecule has 19 heavy (non-hydrogen) atoms. The number of benzene rings is 1. The van der Waals surface area contributed by atoms with Gasteiger partial charge in [0.2, 0.25) is 5.91 Å². The van der Waals surface area contributed by atoms with Crippen LogP contribution >= 0.6 is 0 Å². The summed E-state index contributed by atoms with van der Waals surface area (Å²) in [5.74, 6) is 0.888. The third-order valence-corrected chi connectivity index (χ3v) is 2.87. The molecule has 0 saturated carbocycles. The lowest BCUT2D eigenvalue weighted by atomic mass is 10.1. The van der Waals surface area contributed by atoms with Gasteiger partial charge in [-0.25, -0.2) is 0 Å². The van der Waals surface area contributed by atoms with Crippen molar-refractivity contribution in [2.75, 3.05) is 27.2 Å². The van der Waals surface area contributed by atoms with E-state index in [1.807, 2.05) is 4.90 Å². The predicted octanol–water partition coefficient (Wildman–Crippen LogP) is 1.36. The smallest absolute Gasteiger partial charge is 0.233 e. The summed E-state index contributed by atoms with van der Waals surface area (Å²) in [6, 6.07) is 5.11. The number of carbonyl (C=O) groups is 1. The van der Waals surface area contributed by atoms with E-state index >= 15 is 0 Å². The van der Waals surface area contributed by atoms with Gasteiger partial charge in [-0.15, -0.1) is 0 Å². The van der Waals surface area contributed by atoms with Crippen molar-refractivity contribution in [3.8, 4) is 11.5 Å². The third kappa shape index (κ3) is 4.79. The topological polar surface area (TPSA) is 61.8 Å². The van der Waals surface area contributed by atoms with E-state index in [0.29, 0.717) is 18.8 Å². The Bertz CT molecular complexity index is 421. The molecule has 1 amide bonds. The summed E-state index contributed by atoms with van der Waals surface area (Å²) in [4.78, 5) is 13.4. The molecule has 0 spiro atoms. The van der Waals surface area contributed by atoms with Gasteiger partial charge in [0.1, 0.15) is 11.5 Å². The lowest BCUT2D eigenvalue weighted by Crippen LogP contribution is -2.35. The minimum atomic E-state index is -0.0316. The first-order valence-electron chi connectivity index (χ1n) is 6.39. The summed E-state index contributed by atoms with van der Waals surface area (Å²) < 4.78 is 5.14. The number of phenols is 1. The first-order chi connectivity index (χ1) is 9.10. The predicted molar refractivity (Wildman–Crippen MR) is 74.3 cm³/mol. The number of aromatic hydroxyl groups is 1. The fourth-order valence-electron chi connectivity index (χ4n) is 1.87. The van der Waals surface area contributed by atoms with Crippen LogP contribution in [0.25, 0.3) is 0 Å². The molecule has 1 aromatic carbocycles. The van der Waals surface area contributed by atoms with Crippen molar-refractivity contribution in [3.63, 3.8) is 0 Å². The molecule has 0 heterocycles. The minimum absolute atomic E-state index is 0.0316. The molecule has 0 aliphatic carbocycles. The second-order valence-corrected chi connectivity index (χ2v) is 4.38. The summed E-state index contributed by atoms with van der Waals surface area (Å²) in [5.41, 5.74) is 0.761. The number of ether oxygens (including phenoxy) is 1. The van der Waals surface area contributed by atoms with Crippen LogP contribution in [0.3, 0.4) is 0 Å². The van der Waals surface area contributed by atoms with E-state index in [4.69, 9.17) is 4.74 Å². The molecule has 0 saturated heterocycles. The van der Waals surface area contributed by atoms with E-state index in [1.165, 1.54) is 0 Å². The highest BCUT2D eigenvalue weighted by atomic mass is 16.5. The van der Waals surface area contributed by atoms with Crippen LogP contribution in [0, 0.1) is 0 Å². The van der Waals surface area contributed by atoms with E-state index in [2.05, 4.69) is 12.2 Å². The lowest BCUT2D eigenvalue weighted by molar-refractivity contribution is -0.121. The second-order valence-electron chi connectivity index (χ2n) is 4.38. The zero-order valence-electron chi connectivity index (χ0n) is 11.8. The number of rotatable bonds is 7. The maximum atomic E-state index is 11.5. The van der Waals surface area contributed by atoms with Crippen LogP contribution in [0.15, 0.2) is 18.2 Å². The summed E-state index contributed by atoms with van der Waals surface area (Å²) in [7, 11) is 3.21. The average Bonchev–Trinajstić information content (AvgIpc) is 2.41. The molecule has 0 fully saturated rings. The Morgan fingerprint density at radius 3 is 2.79 bits per heavy atom. The maximum absolute atomic E-state index is 11.5. The van der Waals surface area contributed by atoms with Gasteiger partial charge in [0.25, 0.3) is 0 Å². The van der Waals surface area contributed by atoms with E-state index in [0.717, 1.165) is 18.5 Å². The maximum Gasteiger partial charge on any atom is 0.233 e. The zero-order chi connectivity index (χ0) is 14.3. The Kier molecular flexibility index (Phi) is 6.15. The van der Waals surface area contributed by atoms with Gasteiger partial charge in [0.15, 0.2) is 0 Å². The average molecular weight is 266 g/mol. The number of nitrogens with one attached hydrogen (secondary N) is 1. The van der Waals surface area contributed by atoms with Crippen molar-refractivity contribution in [1.29, 1.82) is 0 Å². The van der Waals surface area contributed by atoms with Crippen LogP contribution < -0.4 is 10.1 Å². The highest BCUT2D eigenvalue weighted by Gasteiger charge is 2.12.